The number of para-hydroxylation sites is 2. The Morgan fingerprint density at radius 1 is 0.774 bits per heavy atom. The van der Waals surface area contributed by atoms with E-state index in [1.54, 1.807) is 80.8 Å². The third kappa shape index (κ3) is 5.76. The molecule has 0 fully saturated rings. The molecule has 0 heterocycles. The summed E-state index contributed by atoms with van der Waals surface area (Å²) in [6.45, 7) is 1.65. The molecule has 1 atom stereocenters. The average molecular weight is 420 g/mol. The molecule has 31 heavy (non-hydrogen) atoms. The van der Waals surface area contributed by atoms with E-state index in [0.29, 0.717) is 34.2 Å². The second-order valence-corrected chi connectivity index (χ2v) is 6.66. The van der Waals surface area contributed by atoms with E-state index in [2.05, 4.69) is 10.6 Å². The topological polar surface area (TPSA) is 85.9 Å². The Morgan fingerprint density at radius 3 is 2.06 bits per heavy atom. The summed E-state index contributed by atoms with van der Waals surface area (Å²) < 4.78 is 16.0. The molecular weight excluding hydrogens is 396 g/mol. The molecule has 0 bridgehead atoms. The molecule has 1 unspecified atom stereocenters. The standard InChI is InChI=1S/C24H24N2O5/c1-16(23(27)26-21-6-4-5-7-22(21)30-3)31-20-12-8-17(9-13-20)24(28)25-18-10-14-19(29-2)15-11-18/h4-16H,1-3H3,(H,25,28)(H,26,27). The minimum absolute atomic E-state index is 0.251. The van der Waals surface area contributed by atoms with Crippen LogP contribution in [0.4, 0.5) is 11.4 Å². The summed E-state index contributed by atoms with van der Waals surface area (Å²) in [6.07, 6.45) is -0.746. The summed E-state index contributed by atoms with van der Waals surface area (Å²) >= 11 is 0. The molecule has 0 aliphatic rings. The van der Waals surface area contributed by atoms with E-state index in [-0.39, 0.29) is 11.8 Å². The monoisotopic (exact) mass is 420 g/mol. The van der Waals surface area contributed by atoms with Crippen molar-refractivity contribution in [3.05, 3.63) is 78.4 Å². The molecule has 7 heteroatoms. The minimum atomic E-state index is -0.746. The highest BCUT2D eigenvalue weighted by molar-refractivity contribution is 6.04. The lowest BCUT2D eigenvalue weighted by Gasteiger charge is -2.16. The molecule has 0 saturated heterocycles. The molecule has 3 rings (SSSR count). The van der Waals surface area contributed by atoms with Gasteiger partial charge in [-0.15, -0.1) is 0 Å². The average Bonchev–Trinajstić information content (AvgIpc) is 2.80. The third-order valence-electron chi connectivity index (χ3n) is 4.51. The fraction of sp³-hybridized carbons (Fsp3) is 0.167. The first kappa shape index (κ1) is 21.7. The lowest BCUT2D eigenvalue weighted by atomic mass is 10.2. The van der Waals surface area contributed by atoms with Crippen molar-refractivity contribution in [1.82, 2.24) is 0 Å². The largest absolute Gasteiger partial charge is 0.497 e. The van der Waals surface area contributed by atoms with Crippen LogP contribution in [0.25, 0.3) is 0 Å². The zero-order valence-electron chi connectivity index (χ0n) is 17.5. The molecule has 0 saturated carbocycles. The van der Waals surface area contributed by atoms with Gasteiger partial charge in [-0.2, -0.15) is 0 Å². The predicted molar refractivity (Wildman–Crippen MR) is 119 cm³/mol. The number of ether oxygens (including phenoxy) is 3. The van der Waals surface area contributed by atoms with E-state index < -0.39 is 6.10 Å². The molecule has 0 aromatic heterocycles. The lowest BCUT2D eigenvalue weighted by Crippen LogP contribution is -2.30. The normalized spacial score (nSPS) is 11.2. The van der Waals surface area contributed by atoms with Gasteiger partial charge in [-0.25, -0.2) is 0 Å². The van der Waals surface area contributed by atoms with E-state index in [1.807, 2.05) is 6.07 Å². The molecule has 0 aliphatic carbocycles. The van der Waals surface area contributed by atoms with Crippen molar-refractivity contribution in [2.75, 3.05) is 24.9 Å². The van der Waals surface area contributed by atoms with Crippen LogP contribution in [0.3, 0.4) is 0 Å². The Balaban J connectivity index is 1.57. The molecule has 7 nitrogen and oxygen atoms in total. The van der Waals surface area contributed by atoms with Crippen molar-refractivity contribution in [3.63, 3.8) is 0 Å². The summed E-state index contributed by atoms with van der Waals surface area (Å²) in [5, 5.41) is 5.60. The van der Waals surface area contributed by atoms with Crippen molar-refractivity contribution < 1.29 is 23.8 Å². The number of rotatable bonds is 8. The number of hydrogen-bond acceptors (Lipinski definition) is 5. The van der Waals surface area contributed by atoms with Crippen LogP contribution in [-0.4, -0.2) is 32.1 Å². The van der Waals surface area contributed by atoms with Crippen molar-refractivity contribution in [1.29, 1.82) is 0 Å². The Bertz CT molecular complexity index is 1030. The summed E-state index contributed by atoms with van der Waals surface area (Å²) in [6, 6.07) is 20.8. The molecule has 3 aromatic carbocycles. The number of anilines is 2. The van der Waals surface area contributed by atoms with Gasteiger partial charge in [0.05, 0.1) is 19.9 Å². The molecule has 160 valence electrons. The van der Waals surface area contributed by atoms with Gasteiger partial charge in [-0.1, -0.05) is 12.1 Å². The van der Waals surface area contributed by atoms with Gasteiger partial charge in [-0.3, -0.25) is 9.59 Å². The molecule has 0 spiro atoms. The zero-order chi connectivity index (χ0) is 22.2. The van der Waals surface area contributed by atoms with Crippen molar-refractivity contribution >= 4 is 23.2 Å². The van der Waals surface area contributed by atoms with Gasteiger partial charge in [0.25, 0.3) is 11.8 Å². The van der Waals surface area contributed by atoms with E-state index in [9.17, 15) is 9.59 Å². The Hall–Kier alpha value is -4.00. The third-order valence-corrected chi connectivity index (χ3v) is 4.51. The number of nitrogens with one attached hydrogen (secondary N) is 2. The highest BCUT2D eigenvalue weighted by atomic mass is 16.5. The van der Waals surface area contributed by atoms with Crippen LogP contribution in [0, 0.1) is 0 Å². The van der Waals surface area contributed by atoms with Gasteiger partial charge in [0.15, 0.2) is 6.10 Å². The summed E-state index contributed by atoms with van der Waals surface area (Å²) in [5.74, 6) is 1.19. The number of carbonyl (C=O) groups is 2. The second-order valence-electron chi connectivity index (χ2n) is 6.66. The summed E-state index contributed by atoms with van der Waals surface area (Å²) in [4.78, 5) is 24.9. The van der Waals surface area contributed by atoms with Crippen LogP contribution < -0.4 is 24.8 Å². The van der Waals surface area contributed by atoms with Gasteiger partial charge in [-0.05, 0) is 67.6 Å². The molecule has 3 aromatic rings. The van der Waals surface area contributed by atoms with Crippen LogP contribution >= 0.6 is 0 Å². The maximum absolute atomic E-state index is 12.4. The Morgan fingerprint density at radius 2 is 1.42 bits per heavy atom. The smallest absolute Gasteiger partial charge is 0.265 e. The highest BCUT2D eigenvalue weighted by Gasteiger charge is 2.17. The van der Waals surface area contributed by atoms with Crippen LogP contribution in [-0.2, 0) is 4.79 Å². The molecule has 0 aliphatic heterocycles. The molecule has 0 radical (unpaired) electrons. The maximum Gasteiger partial charge on any atom is 0.265 e. The van der Waals surface area contributed by atoms with Gasteiger partial charge in [0.2, 0.25) is 0 Å². The second kappa shape index (κ2) is 10.2. The van der Waals surface area contributed by atoms with E-state index in [0.717, 1.165) is 0 Å². The first-order valence-corrected chi connectivity index (χ1v) is 9.66. The maximum atomic E-state index is 12.4. The number of methoxy groups -OCH3 is 2. The Kier molecular flexibility index (Phi) is 7.11. The molecule has 2 amide bonds. The van der Waals surface area contributed by atoms with Crippen molar-refractivity contribution in [3.8, 4) is 17.2 Å². The first-order chi connectivity index (χ1) is 15.0. The van der Waals surface area contributed by atoms with Crippen LogP contribution in [0.1, 0.15) is 17.3 Å². The number of hydrogen-bond donors (Lipinski definition) is 2. The lowest BCUT2D eigenvalue weighted by molar-refractivity contribution is -0.122. The first-order valence-electron chi connectivity index (χ1n) is 9.66. The molecule has 2 N–H and O–H groups in total. The SMILES string of the molecule is COc1ccc(NC(=O)c2ccc(OC(C)C(=O)Nc3ccccc3OC)cc2)cc1. The number of carbonyl (C=O) groups excluding carboxylic acids is 2. The van der Waals surface area contributed by atoms with E-state index in [1.165, 1.54) is 7.11 Å². The highest BCUT2D eigenvalue weighted by Crippen LogP contribution is 2.24. The van der Waals surface area contributed by atoms with Gasteiger partial charge < -0.3 is 24.8 Å². The summed E-state index contributed by atoms with van der Waals surface area (Å²) in [7, 11) is 3.12. The fourth-order valence-corrected chi connectivity index (χ4v) is 2.80. The fourth-order valence-electron chi connectivity index (χ4n) is 2.80. The van der Waals surface area contributed by atoms with Gasteiger partial charge >= 0.3 is 0 Å². The summed E-state index contributed by atoms with van der Waals surface area (Å²) in [5.41, 5.74) is 1.69. The van der Waals surface area contributed by atoms with E-state index in [4.69, 9.17) is 14.2 Å². The minimum Gasteiger partial charge on any atom is -0.497 e. The van der Waals surface area contributed by atoms with Crippen molar-refractivity contribution in [2.45, 2.75) is 13.0 Å². The zero-order valence-corrected chi connectivity index (χ0v) is 17.5. The van der Waals surface area contributed by atoms with Crippen LogP contribution in [0.15, 0.2) is 72.8 Å². The quantitative estimate of drug-likeness (QED) is 0.565. The predicted octanol–water partition coefficient (Wildman–Crippen LogP) is 4.36. The van der Waals surface area contributed by atoms with Crippen LogP contribution in [0.2, 0.25) is 0 Å². The number of benzene rings is 3. The molecular formula is C24H24N2O5. The van der Waals surface area contributed by atoms with Gasteiger partial charge in [0, 0.05) is 11.3 Å². The van der Waals surface area contributed by atoms with Crippen molar-refractivity contribution in [2.24, 2.45) is 0 Å². The van der Waals surface area contributed by atoms with Crippen LogP contribution in [0.5, 0.6) is 17.2 Å². The Labute approximate surface area is 180 Å². The van der Waals surface area contributed by atoms with Gasteiger partial charge in [0.1, 0.15) is 17.2 Å². The number of amides is 2. The van der Waals surface area contributed by atoms with E-state index >= 15 is 0 Å².